The van der Waals surface area contributed by atoms with Crippen molar-refractivity contribution in [1.82, 2.24) is 5.32 Å². The molecule has 0 saturated heterocycles. The van der Waals surface area contributed by atoms with Gasteiger partial charge in [0.15, 0.2) is 0 Å². The molecule has 0 heterocycles. The third-order valence-corrected chi connectivity index (χ3v) is 2.03. The second kappa shape index (κ2) is 4.69. The number of carbonyl (C=O) groups excluding carboxylic acids is 1. The first-order chi connectivity index (χ1) is 7.71. The summed E-state index contributed by atoms with van der Waals surface area (Å²) in [6.45, 7) is 3.83. The average Bonchev–Trinajstić information content (AvgIpc) is 2.08. The predicted octanol–water partition coefficient (Wildman–Crippen LogP) is 1.80. The number of hydrogen-bond acceptors (Lipinski definition) is 2. The van der Waals surface area contributed by atoms with E-state index in [0.29, 0.717) is 0 Å². The fourth-order valence-corrected chi connectivity index (χ4v) is 0.999. The van der Waals surface area contributed by atoms with Gasteiger partial charge in [-0.15, -0.1) is 0 Å². The molecule has 0 radical (unpaired) electrons. The van der Waals surface area contributed by atoms with Gasteiger partial charge in [0.2, 0.25) is 0 Å². The third-order valence-electron chi connectivity index (χ3n) is 2.03. The third kappa shape index (κ3) is 3.54. The van der Waals surface area contributed by atoms with Crippen LogP contribution in [0.2, 0.25) is 0 Å². The van der Waals surface area contributed by atoms with Crippen LogP contribution in [0.15, 0.2) is 0 Å². The van der Waals surface area contributed by atoms with Gasteiger partial charge in [-0.25, -0.2) is 4.79 Å². The Balaban J connectivity index is 5.11. The normalized spacial score (nSPS) is 15.1. The highest BCUT2D eigenvalue weighted by Crippen LogP contribution is 2.36. The lowest BCUT2D eigenvalue weighted by molar-refractivity contribution is -0.270. The van der Waals surface area contributed by atoms with E-state index in [-0.39, 0.29) is 0 Å². The summed E-state index contributed by atoms with van der Waals surface area (Å²) in [6, 6.07) is -1.86. The van der Waals surface area contributed by atoms with Crippen LogP contribution in [0.5, 0.6) is 0 Å². The number of carboxylic acid groups (broad SMARTS) is 1. The molecule has 4 nitrogen and oxygen atoms in total. The van der Waals surface area contributed by atoms with Crippen molar-refractivity contribution in [1.29, 1.82) is 0 Å². The monoisotopic (exact) mass is 277 g/mol. The Morgan fingerprint density at radius 1 is 1.06 bits per heavy atom. The molecule has 0 fully saturated rings. The highest BCUT2D eigenvalue weighted by molar-refractivity contribution is 5.89. The number of rotatable bonds is 3. The summed E-state index contributed by atoms with van der Waals surface area (Å²) in [5, 5.41) is 9.88. The van der Waals surface area contributed by atoms with Crippen molar-refractivity contribution in [2.75, 3.05) is 0 Å². The van der Waals surface area contributed by atoms with E-state index in [2.05, 4.69) is 0 Å². The van der Waals surface area contributed by atoms with Crippen molar-refractivity contribution in [3.63, 3.8) is 0 Å². The van der Waals surface area contributed by atoms with Gasteiger partial charge in [-0.05, 0) is 5.41 Å². The molecule has 0 aliphatic heterocycles. The molecule has 0 aliphatic carbocycles. The average molecular weight is 277 g/mol. The second-order valence-electron chi connectivity index (χ2n) is 4.68. The fraction of sp³-hybridized carbons (Fsp3) is 0.778. The summed E-state index contributed by atoms with van der Waals surface area (Å²) in [5.41, 5.74) is -1.22. The SMILES string of the molecule is CC(C)(C)C(NC(=O)C(F)(F)C(F)(F)F)C(=O)O. The molecule has 9 heteroatoms. The molecule has 106 valence electrons. The number of nitrogens with one attached hydrogen (secondary N) is 1. The van der Waals surface area contributed by atoms with E-state index in [1.54, 1.807) is 0 Å². The highest BCUT2D eigenvalue weighted by atomic mass is 19.4. The number of hydrogen-bond donors (Lipinski definition) is 2. The van der Waals surface area contributed by atoms with Gasteiger partial charge in [-0.2, -0.15) is 22.0 Å². The molecular weight excluding hydrogens is 265 g/mol. The molecule has 0 aromatic heterocycles. The van der Waals surface area contributed by atoms with Gasteiger partial charge in [0.05, 0.1) is 0 Å². The molecule has 0 spiro atoms. The van der Waals surface area contributed by atoms with Crippen LogP contribution >= 0.6 is 0 Å². The lowest BCUT2D eigenvalue weighted by Crippen LogP contribution is -2.57. The molecule has 0 saturated carbocycles. The maximum absolute atomic E-state index is 12.6. The van der Waals surface area contributed by atoms with Gasteiger partial charge in [-0.1, -0.05) is 20.8 Å². The molecule has 0 aromatic carbocycles. The van der Waals surface area contributed by atoms with E-state index in [1.165, 1.54) is 26.1 Å². The van der Waals surface area contributed by atoms with E-state index in [1.807, 2.05) is 0 Å². The summed E-state index contributed by atoms with van der Waals surface area (Å²) in [5.74, 6) is -10.0. The van der Waals surface area contributed by atoms with Crippen LogP contribution in [-0.2, 0) is 9.59 Å². The van der Waals surface area contributed by atoms with Gasteiger partial charge in [0.25, 0.3) is 0 Å². The van der Waals surface area contributed by atoms with Crippen LogP contribution in [-0.4, -0.2) is 35.1 Å². The van der Waals surface area contributed by atoms with Gasteiger partial charge < -0.3 is 10.4 Å². The van der Waals surface area contributed by atoms with Crippen LogP contribution in [0.25, 0.3) is 0 Å². The Kier molecular flexibility index (Phi) is 4.33. The Hall–Kier alpha value is -1.41. The Morgan fingerprint density at radius 2 is 1.44 bits per heavy atom. The lowest BCUT2D eigenvalue weighted by atomic mass is 9.86. The van der Waals surface area contributed by atoms with Crippen molar-refractivity contribution in [2.45, 2.75) is 38.9 Å². The quantitative estimate of drug-likeness (QED) is 0.773. The molecule has 2 N–H and O–H groups in total. The Morgan fingerprint density at radius 3 is 1.67 bits per heavy atom. The maximum atomic E-state index is 12.6. The molecule has 1 atom stereocenters. The van der Waals surface area contributed by atoms with E-state index < -0.39 is 35.4 Å². The largest absolute Gasteiger partial charge is 0.480 e. The topological polar surface area (TPSA) is 66.4 Å². The molecule has 0 rings (SSSR count). The Labute approximate surface area is 99.2 Å². The minimum absolute atomic E-state index is 1.19. The molecule has 1 unspecified atom stereocenters. The van der Waals surface area contributed by atoms with Crippen molar-refractivity contribution in [3.05, 3.63) is 0 Å². The van der Waals surface area contributed by atoms with Crippen LogP contribution in [0, 0.1) is 5.41 Å². The van der Waals surface area contributed by atoms with Crippen molar-refractivity contribution >= 4 is 11.9 Å². The van der Waals surface area contributed by atoms with E-state index in [0.717, 1.165) is 0 Å². The van der Waals surface area contributed by atoms with Crippen molar-refractivity contribution in [2.24, 2.45) is 5.41 Å². The number of alkyl halides is 5. The van der Waals surface area contributed by atoms with Crippen LogP contribution in [0.1, 0.15) is 20.8 Å². The minimum atomic E-state index is -6.07. The van der Waals surface area contributed by atoms with Crippen LogP contribution < -0.4 is 5.32 Å². The van der Waals surface area contributed by atoms with Gasteiger partial charge in [-0.3, -0.25) is 4.79 Å². The van der Waals surface area contributed by atoms with E-state index >= 15 is 0 Å². The first-order valence-electron chi connectivity index (χ1n) is 4.69. The predicted molar refractivity (Wildman–Crippen MR) is 50.0 cm³/mol. The first-order valence-corrected chi connectivity index (χ1v) is 4.69. The van der Waals surface area contributed by atoms with E-state index in [4.69, 9.17) is 5.11 Å². The number of carbonyl (C=O) groups is 2. The molecule has 0 bridgehead atoms. The van der Waals surface area contributed by atoms with Gasteiger partial charge in [0.1, 0.15) is 6.04 Å². The number of carboxylic acids is 1. The number of halogens is 5. The lowest BCUT2D eigenvalue weighted by Gasteiger charge is -2.29. The van der Waals surface area contributed by atoms with Crippen LogP contribution in [0.4, 0.5) is 22.0 Å². The first kappa shape index (κ1) is 16.6. The summed E-state index contributed by atoms with van der Waals surface area (Å²) in [7, 11) is 0. The number of aliphatic carboxylic acids is 1. The molecule has 1 amide bonds. The van der Waals surface area contributed by atoms with Crippen molar-refractivity contribution in [3.8, 4) is 0 Å². The zero-order chi connectivity index (χ0) is 14.9. The second-order valence-corrected chi connectivity index (χ2v) is 4.68. The smallest absolute Gasteiger partial charge is 0.463 e. The molecule has 0 aromatic rings. The van der Waals surface area contributed by atoms with Gasteiger partial charge in [0, 0.05) is 0 Å². The Bertz CT molecular complexity index is 345. The maximum Gasteiger partial charge on any atom is 0.463 e. The summed E-state index contributed by atoms with van der Waals surface area (Å²) < 4.78 is 60.8. The fourth-order valence-electron chi connectivity index (χ4n) is 0.999. The molecular formula is C9H12F5NO3. The van der Waals surface area contributed by atoms with E-state index in [9.17, 15) is 31.5 Å². The number of amides is 1. The zero-order valence-corrected chi connectivity index (χ0v) is 9.73. The summed E-state index contributed by atoms with van der Waals surface area (Å²) in [4.78, 5) is 21.5. The summed E-state index contributed by atoms with van der Waals surface area (Å²) >= 11 is 0. The standard InChI is InChI=1S/C9H12F5NO3/c1-7(2,3)4(5(16)17)15-6(18)8(10,11)9(12,13)14/h4H,1-3H3,(H,15,18)(H,16,17). The minimum Gasteiger partial charge on any atom is -0.480 e. The van der Waals surface area contributed by atoms with Gasteiger partial charge >= 0.3 is 24.0 Å². The summed E-state index contributed by atoms with van der Waals surface area (Å²) in [6.07, 6.45) is -6.07. The van der Waals surface area contributed by atoms with Crippen molar-refractivity contribution < 1.29 is 36.6 Å². The highest BCUT2D eigenvalue weighted by Gasteiger charge is 2.64. The zero-order valence-electron chi connectivity index (χ0n) is 9.73. The molecule has 18 heavy (non-hydrogen) atoms. The molecule has 0 aliphatic rings. The van der Waals surface area contributed by atoms with Crippen LogP contribution in [0.3, 0.4) is 0 Å².